The number of likely N-dealkylation sites (tertiary alicyclic amines) is 2. The molecule has 0 radical (unpaired) electrons. The largest absolute Gasteiger partial charge is 0.342 e. The quantitative estimate of drug-likeness (QED) is 0.918. The average molecular weight is 329 g/mol. The molecule has 24 heavy (non-hydrogen) atoms. The maximum atomic E-state index is 12.8. The number of amides is 2. The van der Waals surface area contributed by atoms with E-state index in [0.29, 0.717) is 12.5 Å². The fraction of sp³-hybridized carbons (Fsp3) is 0.579. The monoisotopic (exact) mass is 329 g/mol. The van der Waals surface area contributed by atoms with Gasteiger partial charge in [-0.2, -0.15) is 0 Å². The van der Waals surface area contributed by atoms with Crippen LogP contribution in [-0.4, -0.2) is 47.3 Å². The molecule has 2 fully saturated rings. The van der Waals surface area contributed by atoms with Crippen molar-refractivity contribution < 1.29 is 9.59 Å². The summed E-state index contributed by atoms with van der Waals surface area (Å²) >= 11 is 0. The maximum Gasteiger partial charge on any atom is 0.227 e. The van der Waals surface area contributed by atoms with Gasteiger partial charge in [-0.15, -0.1) is 0 Å². The molecule has 0 aromatic heterocycles. The molecule has 0 aliphatic carbocycles. The molecule has 5 nitrogen and oxygen atoms in total. The molecule has 0 saturated carbocycles. The van der Waals surface area contributed by atoms with E-state index < -0.39 is 0 Å². The zero-order valence-electron chi connectivity index (χ0n) is 14.4. The highest BCUT2D eigenvalue weighted by molar-refractivity contribution is 5.80. The lowest BCUT2D eigenvalue weighted by molar-refractivity contribution is -0.138. The third kappa shape index (κ3) is 3.46. The van der Waals surface area contributed by atoms with Gasteiger partial charge in [0.05, 0.1) is 5.92 Å². The Hall–Kier alpha value is -1.88. The van der Waals surface area contributed by atoms with Crippen LogP contribution >= 0.6 is 0 Å². The van der Waals surface area contributed by atoms with Crippen LogP contribution < -0.4 is 5.73 Å². The summed E-state index contributed by atoms with van der Waals surface area (Å²) in [5, 5.41) is 0. The van der Waals surface area contributed by atoms with Crippen molar-refractivity contribution in [2.45, 2.75) is 44.7 Å². The van der Waals surface area contributed by atoms with Crippen LogP contribution in [0.5, 0.6) is 0 Å². The number of carbonyl (C=O) groups is 2. The number of nitrogens with two attached hydrogens (primary N) is 1. The SMILES string of the molecule is CC(C(=O)N1CCC(N2CCCC2=O)CC1)C(N)c1ccccc1. The zero-order valence-corrected chi connectivity index (χ0v) is 14.4. The second kappa shape index (κ2) is 7.34. The molecule has 2 atom stereocenters. The van der Waals surface area contributed by atoms with Crippen LogP contribution in [0, 0.1) is 5.92 Å². The smallest absolute Gasteiger partial charge is 0.227 e. The predicted molar refractivity (Wildman–Crippen MR) is 93.1 cm³/mol. The molecule has 2 unspecified atom stereocenters. The second-order valence-corrected chi connectivity index (χ2v) is 6.97. The predicted octanol–water partition coefficient (Wildman–Crippen LogP) is 1.94. The topological polar surface area (TPSA) is 66.6 Å². The Morgan fingerprint density at radius 1 is 1.17 bits per heavy atom. The number of piperidine rings is 1. The number of rotatable bonds is 4. The van der Waals surface area contributed by atoms with E-state index in [1.165, 1.54) is 0 Å². The van der Waals surface area contributed by atoms with Crippen LogP contribution in [0.25, 0.3) is 0 Å². The number of nitrogens with zero attached hydrogens (tertiary/aromatic N) is 2. The first-order valence-electron chi connectivity index (χ1n) is 8.96. The molecule has 130 valence electrons. The van der Waals surface area contributed by atoms with E-state index in [4.69, 9.17) is 5.73 Å². The summed E-state index contributed by atoms with van der Waals surface area (Å²) in [6, 6.07) is 9.82. The summed E-state index contributed by atoms with van der Waals surface area (Å²) in [5.41, 5.74) is 7.29. The lowest BCUT2D eigenvalue weighted by Crippen LogP contribution is -2.49. The molecule has 3 rings (SSSR count). The van der Waals surface area contributed by atoms with Crippen molar-refractivity contribution in [3.63, 3.8) is 0 Å². The first-order valence-corrected chi connectivity index (χ1v) is 8.96. The van der Waals surface area contributed by atoms with E-state index in [1.807, 2.05) is 47.1 Å². The van der Waals surface area contributed by atoms with Gasteiger partial charge in [-0.1, -0.05) is 37.3 Å². The summed E-state index contributed by atoms with van der Waals surface area (Å²) in [5.74, 6) is 0.161. The number of carbonyl (C=O) groups excluding carboxylic acids is 2. The third-order valence-corrected chi connectivity index (χ3v) is 5.44. The van der Waals surface area contributed by atoms with Crippen LogP contribution in [0.3, 0.4) is 0 Å². The number of hydrogen-bond acceptors (Lipinski definition) is 3. The van der Waals surface area contributed by atoms with Crippen LogP contribution in [-0.2, 0) is 9.59 Å². The van der Waals surface area contributed by atoms with Crippen LogP contribution in [0.4, 0.5) is 0 Å². The molecular formula is C19H27N3O2. The van der Waals surface area contributed by atoms with Crippen molar-refractivity contribution >= 4 is 11.8 Å². The van der Waals surface area contributed by atoms with E-state index >= 15 is 0 Å². The van der Waals surface area contributed by atoms with Crippen LogP contribution in [0.15, 0.2) is 30.3 Å². The molecular weight excluding hydrogens is 302 g/mol. The van der Waals surface area contributed by atoms with Crippen LogP contribution in [0.2, 0.25) is 0 Å². The van der Waals surface area contributed by atoms with Crippen LogP contribution in [0.1, 0.15) is 44.2 Å². The molecule has 2 saturated heterocycles. The molecule has 2 N–H and O–H groups in total. The highest BCUT2D eigenvalue weighted by Gasteiger charge is 2.34. The normalized spacial score (nSPS) is 21.8. The number of hydrogen-bond donors (Lipinski definition) is 1. The third-order valence-electron chi connectivity index (χ3n) is 5.44. The Labute approximate surface area is 143 Å². The Kier molecular flexibility index (Phi) is 5.19. The van der Waals surface area contributed by atoms with Gasteiger partial charge >= 0.3 is 0 Å². The molecule has 2 heterocycles. The Morgan fingerprint density at radius 3 is 2.42 bits per heavy atom. The van der Waals surface area contributed by atoms with E-state index in [9.17, 15) is 9.59 Å². The molecule has 0 spiro atoms. The van der Waals surface area contributed by atoms with Gasteiger partial charge in [-0.25, -0.2) is 0 Å². The van der Waals surface area contributed by atoms with Crippen molar-refractivity contribution in [1.29, 1.82) is 0 Å². The summed E-state index contributed by atoms with van der Waals surface area (Å²) in [6.45, 7) is 4.24. The van der Waals surface area contributed by atoms with Gasteiger partial charge in [0.1, 0.15) is 0 Å². The van der Waals surface area contributed by atoms with E-state index in [1.54, 1.807) is 0 Å². The van der Waals surface area contributed by atoms with Crippen molar-refractivity contribution in [3.05, 3.63) is 35.9 Å². The minimum Gasteiger partial charge on any atom is -0.342 e. The lowest BCUT2D eigenvalue weighted by atomic mass is 9.93. The van der Waals surface area contributed by atoms with Crippen molar-refractivity contribution in [2.75, 3.05) is 19.6 Å². The first kappa shape index (κ1) is 17.0. The summed E-state index contributed by atoms with van der Waals surface area (Å²) < 4.78 is 0. The van der Waals surface area contributed by atoms with Gasteiger partial charge in [-0.3, -0.25) is 9.59 Å². The minimum atomic E-state index is -0.281. The summed E-state index contributed by atoms with van der Waals surface area (Å²) in [6.07, 6.45) is 3.42. The van der Waals surface area contributed by atoms with Crippen molar-refractivity contribution in [3.8, 4) is 0 Å². The average Bonchev–Trinajstić information content (AvgIpc) is 3.06. The molecule has 2 amide bonds. The molecule has 1 aromatic rings. The van der Waals surface area contributed by atoms with Gasteiger partial charge in [0.2, 0.25) is 11.8 Å². The Balaban J connectivity index is 1.55. The summed E-state index contributed by atoms with van der Waals surface area (Å²) in [4.78, 5) is 28.6. The highest BCUT2D eigenvalue weighted by atomic mass is 16.2. The first-order chi connectivity index (χ1) is 11.6. The van der Waals surface area contributed by atoms with E-state index in [-0.39, 0.29) is 23.8 Å². The number of benzene rings is 1. The van der Waals surface area contributed by atoms with Gasteiger partial charge < -0.3 is 15.5 Å². The Morgan fingerprint density at radius 2 is 1.83 bits per heavy atom. The van der Waals surface area contributed by atoms with Gasteiger partial charge in [0, 0.05) is 38.1 Å². The molecule has 1 aromatic carbocycles. The second-order valence-electron chi connectivity index (χ2n) is 6.97. The minimum absolute atomic E-state index is 0.123. The Bertz CT molecular complexity index is 582. The van der Waals surface area contributed by atoms with E-state index in [2.05, 4.69) is 0 Å². The fourth-order valence-electron chi connectivity index (χ4n) is 3.86. The van der Waals surface area contributed by atoms with Gasteiger partial charge in [-0.05, 0) is 24.8 Å². The van der Waals surface area contributed by atoms with Crippen molar-refractivity contribution in [2.24, 2.45) is 11.7 Å². The standard InChI is InChI=1S/C19H27N3O2/c1-14(18(20)15-6-3-2-4-7-15)19(24)21-12-9-16(10-13-21)22-11-5-8-17(22)23/h2-4,6-7,14,16,18H,5,8-13,20H2,1H3. The lowest BCUT2D eigenvalue weighted by Gasteiger charge is -2.38. The van der Waals surface area contributed by atoms with Gasteiger partial charge in [0.15, 0.2) is 0 Å². The summed E-state index contributed by atoms with van der Waals surface area (Å²) in [7, 11) is 0. The van der Waals surface area contributed by atoms with Gasteiger partial charge in [0.25, 0.3) is 0 Å². The highest BCUT2D eigenvalue weighted by Crippen LogP contribution is 2.25. The van der Waals surface area contributed by atoms with E-state index in [0.717, 1.165) is 44.5 Å². The molecule has 0 bridgehead atoms. The molecule has 2 aliphatic heterocycles. The molecule has 5 heteroatoms. The van der Waals surface area contributed by atoms with Crippen molar-refractivity contribution in [1.82, 2.24) is 9.80 Å². The molecule has 2 aliphatic rings. The maximum absolute atomic E-state index is 12.8. The zero-order chi connectivity index (χ0) is 17.1. The fourth-order valence-corrected chi connectivity index (χ4v) is 3.86.